The van der Waals surface area contributed by atoms with Crippen molar-refractivity contribution in [3.05, 3.63) is 0 Å². The number of ether oxygens (including phenoxy) is 1. The Morgan fingerprint density at radius 2 is 1.75 bits per heavy atom. The highest BCUT2D eigenvalue weighted by Crippen LogP contribution is 2.34. The second-order valence-electron chi connectivity index (χ2n) is 5.27. The minimum Gasteiger partial charge on any atom is -0.465 e. The van der Waals surface area contributed by atoms with Crippen LogP contribution in [0.5, 0.6) is 0 Å². The highest BCUT2D eigenvalue weighted by Gasteiger charge is 2.33. The van der Waals surface area contributed by atoms with Crippen molar-refractivity contribution in [2.24, 2.45) is 11.8 Å². The topological polar surface area (TPSA) is 29.5 Å². The number of carbonyl (C=O) groups excluding carboxylic acids is 1. The van der Waals surface area contributed by atoms with Gasteiger partial charge >= 0.3 is 5.97 Å². The third-order valence-corrected chi connectivity index (χ3v) is 3.55. The van der Waals surface area contributed by atoms with Gasteiger partial charge in [0, 0.05) is 13.1 Å². The highest BCUT2D eigenvalue weighted by molar-refractivity contribution is 5.75. The van der Waals surface area contributed by atoms with E-state index in [4.69, 9.17) is 4.74 Å². The first-order chi connectivity index (χ1) is 7.70. The maximum absolute atomic E-state index is 11.7. The molecule has 2 aliphatic carbocycles. The molecule has 3 nitrogen and oxygen atoms in total. The lowest BCUT2D eigenvalue weighted by Crippen LogP contribution is -2.42. The van der Waals surface area contributed by atoms with Crippen molar-refractivity contribution in [1.82, 2.24) is 4.90 Å². The van der Waals surface area contributed by atoms with E-state index in [9.17, 15) is 4.79 Å². The molecule has 0 saturated heterocycles. The van der Waals surface area contributed by atoms with Crippen LogP contribution < -0.4 is 0 Å². The average Bonchev–Trinajstić information content (AvgIpc) is 3.10. The van der Waals surface area contributed by atoms with Gasteiger partial charge in [0.05, 0.1) is 6.61 Å². The first kappa shape index (κ1) is 11.9. The van der Waals surface area contributed by atoms with Crippen molar-refractivity contribution >= 4 is 5.97 Å². The Balaban J connectivity index is 1.83. The van der Waals surface area contributed by atoms with Crippen LogP contribution in [0.2, 0.25) is 0 Å². The molecule has 1 atom stereocenters. The maximum Gasteiger partial charge on any atom is 0.323 e. The molecular weight excluding hydrogens is 202 g/mol. The molecule has 0 amide bonds. The largest absolute Gasteiger partial charge is 0.465 e. The van der Waals surface area contributed by atoms with Gasteiger partial charge in [-0.15, -0.1) is 0 Å². The Labute approximate surface area is 98.1 Å². The highest BCUT2D eigenvalue weighted by atomic mass is 16.5. The fourth-order valence-electron chi connectivity index (χ4n) is 2.07. The molecule has 16 heavy (non-hydrogen) atoms. The molecule has 0 aromatic heterocycles. The number of esters is 1. The Bertz CT molecular complexity index is 232. The number of hydrogen-bond donors (Lipinski definition) is 0. The van der Waals surface area contributed by atoms with Crippen LogP contribution in [0.15, 0.2) is 0 Å². The normalized spacial score (nSPS) is 22.2. The SMILES string of the molecule is CCOC(=O)C(C)N(CC1CC1)CC1CC1. The van der Waals surface area contributed by atoms with Crippen LogP contribution in [0.4, 0.5) is 0 Å². The summed E-state index contributed by atoms with van der Waals surface area (Å²) in [7, 11) is 0. The molecular formula is C13H23NO2. The van der Waals surface area contributed by atoms with E-state index in [0.29, 0.717) is 6.61 Å². The van der Waals surface area contributed by atoms with Gasteiger partial charge in [-0.2, -0.15) is 0 Å². The van der Waals surface area contributed by atoms with Crippen molar-refractivity contribution in [2.75, 3.05) is 19.7 Å². The minimum atomic E-state index is -0.0545. The monoisotopic (exact) mass is 225 g/mol. The second kappa shape index (κ2) is 5.17. The first-order valence-electron chi connectivity index (χ1n) is 6.61. The van der Waals surface area contributed by atoms with E-state index in [2.05, 4.69) is 4.90 Å². The maximum atomic E-state index is 11.7. The van der Waals surface area contributed by atoms with E-state index in [1.807, 2.05) is 13.8 Å². The lowest BCUT2D eigenvalue weighted by molar-refractivity contribution is -0.149. The van der Waals surface area contributed by atoms with Gasteiger partial charge in [0.2, 0.25) is 0 Å². The van der Waals surface area contributed by atoms with Crippen LogP contribution in [0.25, 0.3) is 0 Å². The van der Waals surface area contributed by atoms with Gasteiger partial charge in [-0.3, -0.25) is 9.69 Å². The van der Waals surface area contributed by atoms with Gasteiger partial charge in [0.15, 0.2) is 0 Å². The van der Waals surface area contributed by atoms with Crippen LogP contribution in [0, 0.1) is 11.8 Å². The molecule has 2 saturated carbocycles. The molecule has 92 valence electrons. The summed E-state index contributed by atoms with van der Waals surface area (Å²) in [6.07, 6.45) is 5.38. The minimum absolute atomic E-state index is 0.0520. The van der Waals surface area contributed by atoms with E-state index < -0.39 is 0 Å². The Hall–Kier alpha value is -0.570. The zero-order valence-corrected chi connectivity index (χ0v) is 10.4. The Morgan fingerprint density at radius 3 is 2.12 bits per heavy atom. The summed E-state index contributed by atoms with van der Waals surface area (Å²) in [6, 6.07) is -0.0545. The summed E-state index contributed by atoms with van der Waals surface area (Å²) in [6.45, 7) is 6.54. The standard InChI is InChI=1S/C13H23NO2/c1-3-16-13(15)10(2)14(8-11-4-5-11)9-12-6-7-12/h10-12H,3-9H2,1-2H3. The molecule has 2 rings (SSSR count). The van der Waals surface area contributed by atoms with E-state index in [1.165, 1.54) is 25.7 Å². The Morgan fingerprint density at radius 1 is 1.25 bits per heavy atom. The number of carbonyl (C=O) groups is 1. The number of nitrogens with zero attached hydrogens (tertiary/aromatic N) is 1. The molecule has 2 fully saturated rings. The summed E-state index contributed by atoms with van der Waals surface area (Å²) < 4.78 is 5.11. The van der Waals surface area contributed by atoms with Crippen LogP contribution in [-0.2, 0) is 9.53 Å². The van der Waals surface area contributed by atoms with Crippen molar-refractivity contribution in [3.63, 3.8) is 0 Å². The molecule has 0 heterocycles. The van der Waals surface area contributed by atoms with Crippen LogP contribution >= 0.6 is 0 Å². The van der Waals surface area contributed by atoms with Gasteiger partial charge in [-0.1, -0.05) is 0 Å². The molecule has 2 aliphatic rings. The molecule has 0 spiro atoms. The Kier molecular flexibility index (Phi) is 3.85. The molecule has 0 aromatic rings. The van der Waals surface area contributed by atoms with Crippen molar-refractivity contribution in [2.45, 2.75) is 45.6 Å². The van der Waals surface area contributed by atoms with Crippen molar-refractivity contribution < 1.29 is 9.53 Å². The van der Waals surface area contributed by atoms with E-state index in [0.717, 1.165) is 24.9 Å². The summed E-state index contributed by atoms with van der Waals surface area (Å²) in [5, 5.41) is 0. The third kappa shape index (κ3) is 3.48. The zero-order valence-electron chi connectivity index (χ0n) is 10.4. The average molecular weight is 225 g/mol. The van der Waals surface area contributed by atoms with Gasteiger partial charge in [0.1, 0.15) is 6.04 Å². The summed E-state index contributed by atoms with van der Waals surface area (Å²) >= 11 is 0. The van der Waals surface area contributed by atoms with Gasteiger partial charge < -0.3 is 4.74 Å². The molecule has 0 bridgehead atoms. The smallest absolute Gasteiger partial charge is 0.323 e. The van der Waals surface area contributed by atoms with Gasteiger partial charge in [-0.25, -0.2) is 0 Å². The molecule has 0 radical (unpaired) electrons. The summed E-state index contributed by atoms with van der Waals surface area (Å²) in [5.74, 6) is 1.63. The lowest BCUT2D eigenvalue weighted by atomic mass is 10.2. The number of rotatable bonds is 7. The second-order valence-corrected chi connectivity index (χ2v) is 5.27. The predicted octanol–water partition coefficient (Wildman–Crippen LogP) is 2.06. The molecule has 0 aliphatic heterocycles. The zero-order chi connectivity index (χ0) is 11.5. The van der Waals surface area contributed by atoms with Crippen molar-refractivity contribution in [3.8, 4) is 0 Å². The van der Waals surface area contributed by atoms with Gasteiger partial charge in [-0.05, 0) is 51.4 Å². The summed E-state index contributed by atoms with van der Waals surface area (Å²) in [5.41, 5.74) is 0. The van der Waals surface area contributed by atoms with Crippen LogP contribution in [0.3, 0.4) is 0 Å². The van der Waals surface area contributed by atoms with Gasteiger partial charge in [0.25, 0.3) is 0 Å². The van der Waals surface area contributed by atoms with E-state index in [-0.39, 0.29) is 12.0 Å². The summed E-state index contributed by atoms with van der Waals surface area (Å²) in [4.78, 5) is 14.1. The van der Waals surface area contributed by atoms with Crippen molar-refractivity contribution in [1.29, 1.82) is 0 Å². The van der Waals surface area contributed by atoms with E-state index >= 15 is 0 Å². The quantitative estimate of drug-likeness (QED) is 0.621. The fraction of sp³-hybridized carbons (Fsp3) is 0.923. The van der Waals surface area contributed by atoms with Crippen LogP contribution in [-0.4, -0.2) is 36.6 Å². The lowest BCUT2D eigenvalue weighted by Gasteiger charge is -2.27. The predicted molar refractivity (Wildman–Crippen MR) is 63.1 cm³/mol. The first-order valence-corrected chi connectivity index (χ1v) is 6.61. The third-order valence-electron chi connectivity index (χ3n) is 3.55. The number of hydrogen-bond acceptors (Lipinski definition) is 3. The molecule has 0 N–H and O–H groups in total. The fourth-order valence-corrected chi connectivity index (χ4v) is 2.07. The molecule has 1 unspecified atom stereocenters. The van der Waals surface area contributed by atoms with Crippen LogP contribution in [0.1, 0.15) is 39.5 Å². The molecule has 3 heteroatoms. The van der Waals surface area contributed by atoms with E-state index in [1.54, 1.807) is 0 Å². The molecule has 0 aromatic carbocycles.